The number of fused-ring (bicyclic) bond motifs is 1. The number of ether oxygens (including phenoxy) is 1. The maximum Gasteiger partial charge on any atom is 0.410 e. The number of rotatable bonds is 5. The second kappa shape index (κ2) is 9.89. The molecule has 0 spiro atoms. The van der Waals surface area contributed by atoms with Gasteiger partial charge in [-0.25, -0.2) is 19.3 Å². The number of hydrogen-bond acceptors (Lipinski definition) is 8. The van der Waals surface area contributed by atoms with Crippen LogP contribution in [0.5, 0.6) is 0 Å². The summed E-state index contributed by atoms with van der Waals surface area (Å²) in [6.07, 6.45) is 8.21. The van der Waals surface area contributed by atoms with Crippen molar-refractivity contribution in [3.05, 3.63) is 47.6 Å². The van der Waals surface area contributed by atoms with Gasteiger partial charge in [-0.3, -0.25) is 0 Å². The molecule has 0 radical (unpaired) electrons. The number of piperidine rings is 1. The highest BCUT2D eigenvalue weighted by Crippen LogP contribution is 2.28. The summed E-state index contributed by atoms with van der Waals surface area (Å²) in [6.45, 7) is 9.30. The second-order valence-electron chi connectivity index (χ2n) is 9.18. The molecule has 1 fully saturated rings. The molecule has 0 unspecified atom stereocenters. The normalized spacial score (nSPS) is 16.9. The van der Waals surface area contributed by atoms with Gasteiger partial charge < -0.3 is 19.9 Å². The van der Waals surface area contributed by atoms with Crippen molar-refractivity contribution in [1.82, 2.24) is 29.5 Å². The number of carbonyl (C=O) groups excluding carboxylic acids is 1. The van der Waals surface area contributed by atoms with Gasteiger partial charge in [0.2, 0.25) is 5.95 Å². The van der Waals surface area contributed by atoms with Gasteiger partial charge in [0.15, 0.2) is 5.65 Å². The SMILES string of the molecule is CCOC(=O)N1CC=C(c2cc(C)cn3nc(NC4CCN(c5cc(C)ncn5)CC4)nc23)CC1.[HH]. The van der Waals surface area contributed by atoms with Gasteiger partial charge in [-0.15, -0.1) is 5.10 Å². The summed E-state index contributed by atoms with van der Waals surface area (Å²) in [5, 5.41) is 8.28. The Balaban J connectivity index is 0.00000304. The average Bonchev–Trinajstić information content (AvgIpc) is 3.26. The number of aryl methyl sites for hydroxylation is 2. The first-order valence-corrected chi connectivity index (χ1v) is 12.3. The molecule has 5 heterocycles. The molecule has 1 amide bonds. The van der Waals surface area contributed by atoms with E-state index in [-0.39, 0.29) is 7.52 Å². The summed E-state index contributed by atoms with van der Waals surface area (Å²) >= 11 is 0. The first-order valence-electron chi connectivity index (χ1n) is 12.3. The molecule has 1 N–H and O–H groups in total. The number of carbonyl (C=O) groups is 1. The van der Waals surface area contributed by atoms with Crippen LogP contribution in [0.3, 0.4) is 0 Å². The van der Waals surface area contributed by atoms with E-state index in [1.165, 1.54) is 5.57 Å². The highest BCUT2D eigenvalue weighted by Gasteiger charge is 2.23. The van der Waals surface area contributed by atoms with Gasteiger partial charge in [-0.2, -0.15) is 4.98 Å². The predicted octanol–water partition coefficient (Wildman–Crippen LogP) is 3.71. The Morgan fingerprint density at radius 1 is 1.20 bits per heavy atom. The van der Waals surface area contributed by atoms with Crippen molar-refractivity contribution in [3.8, 4) is 0 Å². The topological polar surface area (TPSA) is 101 Å². The van der Waals surface area contributed by atoms with Crippen LogP contribution in [0.15, 0.2) is 30.7 Å². The quantitative estimate of drug-likeness (QED) is 0.592. The number of pyridine rings is 1. The van der Waals surface area contributed by atoms with E-state index in [1.807, 2.05) is 30.6 Å². The zero-order chi connectivity index (χ0) is 24.4. The molecule has 0 aromatic carbocycles. The summed E-state index contributed by atoms with van der Waals surface area (Å²) in [5.41, 5.74) is 5.19. The summed E-state index contributed by atoms with van der Waals surface area (Å²) < 4.78 is 7.00. The van der Waals surface area contributed by atoms with E-state index in [9.17, 15) is 4.79 Å². The van der Waals surface area contributed by atoms with Crippen LogP contribution in [0.4, 0.5) is 16.6 Å². The van der Waals surface area contributed by atoms with Crippen LogP contribution in [0.1, 0.15) is 44.4 Å². The molecule has 0 bridgehead atoms. The van der Waals surface area contributed by atoms with Gasteiger partial charge in [-0.1, -0.05) is 6.08 Å². The van der Waals surface area contributed by atoms with Gasteiger partial charge >= 0.3 is 6.09 Å². The monoisotopic (exact) mass is 478 g/mol. The zero-order valence-electron chi connectivity index (χ0n) is 20.6. The van der Waals surface area contributed by atoms with Crippen LogP contribution >= 0.6 is 0 Å². The maximum absolute atomic E-state index is 12.0. The van der Waals surface area contributed by atoms with E-state index in [1.54, 1.807) is 11.2 Å². The van der Waals surface area contributed by atoms with Crippen molar-refractivity contribution in [3.63, 3.8) is 0 Å². The number of aromatic nitrogens is 5. The second-order valence-corrected chi connectivity index (χ2v) is 9.18. The number of anilines is 2. The van der Waals surface area contributed by atoms with E-state index >= 15 is 0 Å². The van der Waals surface area contributed by atoms with E-state index in [2.05, 4.69) is 39.3 Å². The van der Waals surface area contributed by atoms with Crippen molar-refractivity contribution >= 4 is 29.1 Å². The number of amides is 1. The van der Waals surface area contributed by atoms with E-state index < -0.39 is 0 Å². The minimum atomic E-state index is -0.257. The molecule has 10 heteroatoms. The fraction of sp³-hybridized carbons (Fsp3) is 0.480. The number of nitrogens with zero attached hydrogens (tertiary/aromatic N) is 7. The van der Waals surface area contributed by atoms with Crippen LogP contribution in [0.25, 0.3) is 11.2 Å². The fourth-order valence-electron chi connectivity index (χ4n) is 4.76. The van der Waals surface area contributed by atoms with E-state index in [0.717, 1.165) is 60.6 Å². The Bertz CT molecular complexity index is 1250. The molecular formula is C25H34N8O2. The summed E-state index contributed by atoms with van der Waals surface area (Å²) in [5.74, 6) is 1.64. The Hall–Kier alpha value is -3.69. The highest BCUT2D eigenvalue weighted by molar-refractivity contribution is 5.79. The van der Waals surface area contributed by atoms with Crippen LogP contribution in [-0.2, 0) is 4.74 Å². The zero-order valence-corrected chi connectivity index (χ0v) is 20.6. The molecule has 0 saturated carbocycles. The van der Waals surface area contributed by atoms with Crippen molar-refractivity contribution < 1.29 is 11.0 Å². The molecule has 2 aliphatic heterocycles. The highest BCUT2D eigenvalue weighted by atomic mass is 16.6. The molecule has 35 heavy (non-hydrogen) atoms. The minimum absolute atomic E-state index is 0. The largest absolute Gasteiger partial charge is 0.450 e. The average molecular weight is 479 g/mol. The third-order valence-corrected chi connectivity index (χ3v) is 6.59. The lowest BCUT2D eigenvalue weighted by atomic mass is 9.99. The molecule has 1 saturated heterocycles. The summed E-state index contributed by atoms with van der Waals surface area (Å²) in [4.78, 5) is 29.6. The first-order chi connectivity index (χ1) is 17.0. The molecule has 5 rings (SSSR count). The molecule has 3 aromatic heterocycles. The van der Waals surface area contributed by atoms with Crippen LogP contribution in [0.2, 0.25) is 0 Å². The standard InChI is InChI=1S/C25H32N8O2.H2/c1-4-35-25(34)32-9-5-19(6-10-32)21-13-17(2)15-33-23(21)29-24(30-33)28-20-7-11-31(12-8-20)22-14-18(3)26-16-27-22;/h5,13-16,20H,4,6-12H2,1-3H3,(H,28,30);1H. The van der Waals surface area contributed by atoms with Crippen molar-refractivity contribution in [2.24, 2.45) is 0 Å². The third kappa shape index (κ3) is 5.06. The Morgan fingerprint density at radius 3 is 2.74 bits per heavy atom. The summed E-state index contributed by atoms with van der Waals surface area (Å²) in [6, 6.07) is 4.50. The molecule has 0 aliphatic carbocycles. The van der Waals surface area contributed by atoms with Gasteiger partial charge in [0.25, 0.3) is 0 Å². The molecule has 2 aliphatic rings. The van der Waals surface area contributed by atoms with Crippen LogP contribution < -0.4 is 10.2 Å². The predicted molar refractivity (Wildman–Crippen MR) is 137 cm³/mol. The molecule has 3 aromatic rings. The number of nitrogens with one attached hydrogen (secondary N) is 1. The molecule has 0 atom stereocenters. The smallest absolute Gasteiger partial charge is 0.410 e. The lowest BCUT2D eigenvalue weighted by molar-refractivity contribution is 0.111. The molecule has 186 valence electrons. The van der Waals surface area contributed by atoms with Crippen LogP contribution in [-0.4, -0.2) is 74.4 Å². The fourth-order valence-corrected chi connectivity index (χ4v) is 4.76. The van der Waals surface area contributed by atoms with E-state index in [0.29, 0.717) is 31.7 Å². The van der Waals surface area contributed by atoms with Crippen molar-refractivity contribution in [1.29, 1.82) is 0 Å². The third-order valence-electron chi connectivity index (χ3n) is 6.59. The first kappa shape index (κ1) is 23.1. The maximum atomic E-state index is 12.0. The molecule has 10 nitrogen and oxygen atoms in total. The van der Waals surface area contributed by atoms with Crippen LogP contribution in [0, 0.1) is 13.8 Å². The number of hydrogen-bond donors (Lipinski definition) is 1. The molecular weight excluding hydrogens is 444 g/mol. The van der Waals surface area contributed by atoms with Crippen molar-refractivity contribution in [2.75, 3.05) is 43.0 Å². The van der Waals surface area contributed by atoms with Gasteiger partial charge in [0.05, 0.1) is 6.61 Å². The lowest BCUT2D eigenvalue weighted by Crippen LogP contribution is -2.39. The van der Waals surface area contributed by atoms with Crippen molar-refractivity contribution in [2.45, 2.75) is 46.1 Å². The Kier molecular flexibility index (Phi) is 6.52. The van der Waals surface area contributed by atoms with E-state index in [4.69, 9.17) is 14.8 Å². The van der Waals surface area contributed by atoms with Gasteiger partial charge in [-0.05, 0) is 57.2 Å². The van der Waals surface area contributed by atoms with Gasteiger partial charge in [0.1, 0.15) is 12.1 Å². The minimum Gasteiger partial charge on any atom is -0.450 e. The Morgan fingerprint density at radius 2 is 2.03 bits per heavy atom. The Labute approximate surface area is 206 Å². The lowest BCUT2D eigenvalue weighted by Gasteiger charge is -2.32. The van der Waals surface area contributed by atoms with Gasteiger partial charge in [0, 0.05) is 57.2 Å². The summed E-state index contributed by atoms with van der Waals surface area (Å²) in [7, 11) is 0.